The highest BCUT2D eigenvalue weighted by Gasteiger charge is 2.36. The maximum atomic E-state index is 4.81. The van der Waals surface area contributed by atoms with E-state index in [1.807, 2.05) is 11.8 Å². The number of aliphatic imine (C=N–C) groups is 1. The highest BCUT2D eigenvalue weighted by molar-refractivity contribution is 9.10. The van der Waals surface area contributed by atoms with Gasteiger partial charge in [0.15, 0.2) is 5.17 Å². The smallest absolute Gasteiger partial charge is 0.157 e. The second-order valence-electron chi connectivity index (χ2n) is 6.03. The molecule has 1 saturated carbocycles. The first-order valence-electron chi connectivity index (χ1n) is 7.36. The minimum absolute atomic E-state index is 0.312. The summed E-state index contributed by atoms with van der Waals surface area (Å²) in [5.74, 6) is 1.24. The van der Waals surface area contributed by atoms with E-state index in [1.54, 1.807) is 0 Å². The highest BCUT2D eigenvalue weighted by atomic mass is 79.9. The zero-order chi connectivity index (χ0) is 14.0. The molecule has 1 unspecified atom stereocenters. The molecule has 1 heterocycles. The molecule has 20 heavy (non-hydrogen) atoms. The first kappa shape index (κ1) is 14.5. The molecule has 1 aromatic carbocycles. The van der Waals surface area contributed by atoms with Gasteiger partial charge in [0.2, 0.25) is 0 Å². The number of nitrogens with one attached hydrogen (secondary N) is 1. The Morgan fingerprint density at radius 2 is 1.95 bits per heavy atom. The summed E-state index contributed by atoms with van der Waals surface area (Å²) in [6.45, 7) is 3.22. The third-order valence-corrected chi connectivity index (χ3v) is 6.25. The van der Waals surface area contributed by atoms with Crippen LogP contribution in [0, 0.1) is 5.41 Å². The van der Waals surface area contributed by atoms with Gasteiger partial charge in [0, 0.05) is 16.8 Å². The van der Waals surface area contributed by atoms with Gasteiger partial charge >= 0.3 is 0 Å². The fourth-order valence-corrected chi connectivity index (χ4v) is 4.59. The SMILES string of the molecule is CC(NC1=NCC2(CCCC2)CS1)c1ccc(Br)cc1. The minimum atomic E-state index is 0.312. The summed E-state index contributed by atoms with van der Waals surface area (Å²) >= 11 is 5.39. The van der Waals surface area contributed by atoms with Crippen LogP contribution in [-0.2, 0) is 0 Å². The summed E-state index contributed by atoms with van der Waals surface area (Å²) in [6.07, 6.45) is 5.54. The van der Waals surface area contributed by atoms with Gasteiger partial charge in [-0.3, -0.25) is 4.99 Å². The van der Waals surface area contributed by atoms with Crippen LogP contribution >= 0.6 is 27.7 Å². The second-order valence-corrected chi connectivity index (χ2v) is 7.91. The fraction of sp³-hybridized carbons (Fsp3) is 0.562. The molecule has 108 valence electrons. The lowest BCUT2D eigenvalue weighted by atomic mass is 9.89. The van der Waals surface area contributed by atoms with Gasteiger partial charge in [-0.25, -0.2) is 0 Å². The molecule has 1 fully saturated rings. The molecule has 4 heteroatoms. The van der Waals surface area contributed by atoms with Gasteiger partial charge in [-0.2, -0.15) is 0 Å². The normalized spacial score (nSPS) is 22.6. The molecule has 3 rings (SSSR count). The molecule has 0 radical (unpaired) electrons. The van der Waals surface area contributed by atoms with E-state index in [0.717, 1.165) is 16.2 Å². The molecule has 2 aliphatic rings. The van der Waals surface area contributed by atoms with Crippen LogP contribution in [0.4, 0.5) is 0 Å². The van der Waals surface area contributed by atoms with E-state index in [2.05, 4.69) is 52.4 Å². The van der Waals surface area contributed by atoms with Crippen molar-refractivity contribution in [2.24, 2.45) is 10.4 Å². The van der Waals surface area contributed by atoms with E-state index >= 15 is 0 Å². The van der Waals surface area contributed by atoms with Crippen LogP contribution in [-0.4, -0.2) is 17.5 Å². The van der Waals surface area contributed by atoms with Crippen molar-refractivity contribution in [1.82, 2.24) is 5.32 Å². The van der Waals surface area contributed by atoms with Crippen LogP contribution in [0.3, 0.4) is 0 Å². The lowest BCUT2D eigenvalue weighted by molar-refractivity contribution is 0.358. The van der Waals surface area contributed by atoms with Crippen molar-refractivity contribution in [3.05, 3.63) is 34.3 Å². The van der Waals surface area contributed by atoms with E-state index in [4.69, 9.17) is 4.99 Å². The van der Waals surface area contributed by atoms with E-state index in [-0.39, 0.29) is 0 Å². The van der Waals surface area contributed by atoms with Crippen molar-refractivity contribution in [3.8, 4) is 0 Å². The largest absolute Gasteiger partial charge is 0.358 e. The minimum Gasteiger partial charge on any atom is -0.358 e. The summed E-state index contributed by atoms with van der Waals surface area (Å²) in [7, 11) is 0. The van der Waals surface area contributed by atoms with Crippen molar-refractivity contribution in [1.29, 1.82) is 0 Å². The summed E-state index contributed by atoms with van der Waals surface area (Å²) in [5, 5.41) is 4.68. The summed E-state index contributed by atoms with van der Waals surface area (Å²) in [6, 6.07) is 8.82. The Labute approximate surface area is 134 Å². The Balaban J connectivity index is 1.61. The van der Waals surface area contributed by atoms with Gasteiger partial charge in [0.25, 0.3) is 0 Å². The van der Waals surface area contributed by atoms with Crippen LogP contribution in [0.15, 0.2) is 33.7 Å². The van der Waals surface area contributed by atoms with Gasteiger partial charge in [0.05, 0.1) is 6.04 Å². The first-order chi connectivity index (χ1) is 9.67. The summed E-state index contributed by atoms with van der Waals surface area (Å²) < 4.78 is 1.13. The molecule has 1 N–H and O–H groups in total. The molecular weight excluding hydrogens is 332 g/mol. The van der Waals surface area contributed by atoms with Crippen LogP contribution in [0.25, 0.3) is 0 Å². The zero-order valence-corrected chi connectivity index (χ0v) is 14.3. The molecule has 1 atom stereocenters. The van der Waals surface area contributed by atoms with Crippen molar-refractivity contribution in [3.63, 3.8) is 0 Å². The zero-order valence-electron chi connectivity index (χ0n) is 11.9. The van der Waals surface area contributed by atoms with Crippen LogP contribution in [0.1, 0.15) is 44.2 Å². The standard InChI is InChI=1S/C16H21BrN2S/c1-12(13-4-6-14(17)7-5-13)19-15-18-10-16(11-20-15)8-2-3-9-16/h4-7,12H,2-3,8-11H2,1H3,(H,18,19). The van der Waals surface area contributed by atoms with Crippen LogP contribution in [0.2, 0.25) is 0 Å². The maximum absolute atomic E-state index is 4.81. The molecule has 0 amide bonds. The van der Waals surface area contributed by atoms with Crippen molar-refractivity contribution >= 4 is 32.9 Å². The molecule has 1 spiro atoms. The molecule has 0 aromatic heterocycles. The summed E-state index contributed by atoms with van der Waals surface area (Å²) in [5.41, 5.74) is 1.83. The van der Waals surface area contributed by atoms with Crippen molar-refractivity contribution in [2.45, 2.75) is 38.6 Å². The quantitative estimate of drug-likeness (QED) is 0.829. The Morgan fingerprint density at radius 3 is 2.55 bits per heavy atom. The van der Waals surface area contributed by atoms with Gasteiger partial charge in [0.1, 0.15) is 0 Å². The highest BCUT2D eigenvalue weighted by Crippen LogP contribution is 2.43. The number of thioether (sulfide) groups is 1. The second kappa shape index (κ2) is 6.10. The van der Waals surface area contributed by atoms with Gasteiger partial charge in [-0.15, -0.1) is 0 Å². The predicted octanol–water partition coefficient (Wildman–Crippen LogP) is 4.76. The molecule has 2 nitrogen and oxygen atoms in total. The first-order valence-corrected chi connectivity index (χ1v) is 9.14. The molecule has 1 aliphatic carbocycles. The van der Waals surface area contributed by atoms with E-state index in [9.17, 15) is 0 Å². The number of rotatable bonds is 2. The summed E-state index contributed by atoms with van der Waals surface area (Å²) in [4.78, 5) is 4.81. The third-order valence-electron chi connectivity index (χ3n) is 4.45. The van der Waals surface area contributed by atoms with E-state index in [1.165, 1.54) is 37.0 Å². The number of benzene rings is 1. The monoisotopic (exact) mass is 352 g/mol. The Kier molecular flexibility index (Phi) is 4.41. The van der Waals surface area contributed by atoms with Gasteiger partial charge < -0.3 is 5.32 Å². The lowest BCUT2D eigenvalue weighted by Crippen LogP contribution is -2.34. The van der Waals surface area contributed by atoms with E-state index in [0.29, 0.717) is 11.5 Å². The Bertz CT molecular complexity index is 492. The van der Waals surface area contributed by atoms with Crippen LogP contribution in [0.5, 0.6) is 0 Å². The van der Waals surface area contributed by atoms with Crippen molar-refractivity contribution in [2.75, 3.05) is 12.3 Å². The van der Waals surface area contributed by atoms with Gasteiger partial charge in [-0.1, -0.05) is 52.7 Å². The topological polar surface area (TPSA) is 24.4 Å². The molecule has 0 saturated heterocycles. The maximum Gasteiger partial charge on any atom is 0.157 e. The Hall–Kier alpha value is -0.480. The fourth-order valence-electron chi connectivity index (χ4n) is 3.09. The molecule has 1 aliphatic heterocycles. The lowest BCUT2D eigenvalue weighted by Gasteiger charge is -2.32. The molecule has 1 aromatic rings. The van der Waals surface area contributed by atoms with Gasteiger partial charge in [-0.05, 0) is 42.9 Å². The van der Waals surface area contributed by atoms with Crippen molar-refractivity contribution < 1.29 is 0 Å². The number of amidine groups is 1. The van der Waals surface area contributed by atoms with Crippen LogP contribution < -0.4 is 5.32 Å². The molecular formula is C16H21BrN2S. The number of hydrogen-bond donors (Lipinski definition) is 1. The number of nitrogens with zero attached hydrogens (tertiary/aromatic N) is 1. The number of halogens is 1. The molecule has 0 bridgehead atoms. The average Bonchev–Trinajstić information content (AvgIpc) is 2.91. The average molecular weight is 353 g/mol. The number of hydrogen-bond acceptors (Lipinski definition) is 3. The third kappa shape index (κ3) is 3.22. The predicted molar refractivity (Wildman–Crippen MR) is 91.4 cm³/mol. The Morgan fingerprint density at radius 1 is 1.25 bits per heavy atom. The van der Waals surface area contributed by atoms with E-state index < -0.39 is 0 Å².